The van der Waals surface area contributed by atoms with Crippen LogP contribution in [0.2, 0.25) is 5.02 Å². The van der Waals surface area contributed by atoms with Crippen molar-refractivity contribution in [3.05, 3.63) is 83.0 Å². The third-order valence-corrected chi connectivity index (χ3v) is 5.79. The third kappa shape index (κ3) is 4.01. The number of nitrogen functional groups attached to an aromatic ring is 1. The number of aromatic nitrogens is 6. The SMILES string of the molecule is Cc1cc(-n2nccn2)c(Cl)cc1NC(=O)c1cnn(-c2cnc(N)c3ccccc23)c1C(F)(F)F. The van der Waals surface area contributed by atoms with Gasteiger partial charge in [0.1, 0.15) is 11.5 Å². The Balaban J connectivity index is 1.57. The maximum Gasteiger partial charge on any atom is 0.434 e. The van der Waals surface area contributed by atoms with E-state index in [2.05, 4.69) is 25.6 Å². The van der Waals surface area contributed by atoms with Gasteiger partial charge >= 0.3 is 6.18 Å². The number of alkyl halides is 3. The number of carbonyl (C=O) groups is 1. The molecule has 2 aromatic carbocycles. The number of fused-ring (bicyclic) bond motifs is 1. The minimum Gasteiger partial charge on any atom is -0.383 e. The first kappa shape index (κ1) is 23.3. The zero-order valence-electron chi connectivity index (χ0n) is 18.5. The molecule has 1 amide bonds. The third-order valence-electron chi connectivity index (χ3n) is 5.49. The summed E-state index contributed by atoms with van der Waals surface area (Å²) in [5, 5.41) is 15.5. The van der Waals surface area contributed by atoms with Crippen molar-refractivity contribution < 1.29 is 18.0 Å². The van der Waals surface area contributed by atoms with E-state index in [1.165, 1.54) is 29.5 Å². The quantitative estimate of drug-likeness (QED) is 0.357. The minimum absolute atomic E-state index is 0.0291. The van der Waals surface area contributed by atoms with E-state index in [9.17, 15) is 18.0 Å². The highest BCUT2D eigenvalue weighted by Gasteiger charge is 2.41. The number of nitrogens with two attached hydrogens (primary N) is 1. The lowest BCUT2D eigenvalue weighted by atomic mass is 10.1. The van der Waals surface area contributed by atoms with E-state index in [0.717, 1.165) is 6.20 Å². The van der Waals surface area contributed by atoms with Crippen molar-refractivity contribution in [3.8, 4) is 11.4 Å². The van der Waals surface area contributed by atoms with Crippen LogP contribution >= 0.6 is 11.6 Å². The molecule has 0 bridgehead atoms. The van der Waals surface area contributed by atoms with Crippen molar-refractivity contribution in [3.63, 3.8) is 0 Å². The first-order valence-electron chi connectivity index (χ1n) is 10.4. The number of aryl methyl sites for hydroxylation is 1. The molecule has 5 rings (SSSR count). The maximum absolute atomic E-state index is 14.2. The fourth-order valence-corrected chi connectivity index (χ4v) is 4.06. The summed E-state index contributed by atoms with van der Waals surface area (Å²) in [7, 11) is 0. The molecule has 3 aromatic heterocycles. The predicted octanol–water partition coefficient (Wildman–Crippen LogP) is 4.82. The Morgan fingerprint density at radius 1 is 1.03 bits per heavy atom. The van der Waals surface area contributed by atoms with Gasteiger partial charge in [-0.3, -0.25) is 4.79 Å². The zero-order valence-corrected chi connectivity index (χ0v) is 19.2. The number of benzene rings is 2. The summed E-state index contributed by atoms with van der Waals surface area (Å²) in [5.41, 5.74) is 5.20. The summed E-state index contributed by atoms with van der Waals surface area (Å²) >= 11 is 6.31. The second-order valence-electron chi connectivity index (χ2n) is 7.78. The number of hydrogen-bond donors (Lipinski definition) is 2. The van der Waals surface area contributed by atoms with Crippen LogP contribution in [-0.4, -0.2) is 35.7 Å². The van der Waals surface area contributed by atoms with Crippen LogP contribution in [0, 0.1) is 6.92 Å². The molecule has 0 saturated carbocycles. The number of rotatable bonds is 4. The topological polar surface area (TPSA) is 117 Å². The van der Waals surface area contributed by atoms with E-state index in [1.54, 1.807) is 37.3 Å². The zero-order chi connectivity index (χ0) is 25.6. The molecule has 5 aromatic rings. The largest absolute Gasteiger partial charge is 0.434 e. The molecule has 0 radical (unpaired) electrons. The molecule has 9 nitrogen and oxygen atoms in total. The van der Waals surface area contributed by atoms with Crippen LogP contribution in [0.15, 0.2) is 61.2 Å². The predicted molar refractivity (Wildman–Crippen MR) is 127 cm³/mol. The summed E-state index contributed by atoms with van der Waals surface area (Å²) in [6.45, 7) is 1.67. The average molecular weight is 513 g/mol. The van der Waals surface area contributed by atoms with Crippen LogP contribution in [-0.2, 0) is 6.18 Å². The van der Waals surface area contributed by atoms with Gasteiger partial charge in [0, 0.05) is 16.5 Å². The van der Waals surface area contributed by atoms with Crippen LogP contribution in [0.4, 0.5) is 24.7 Å². The van der Waals surface area contributed by atoms with Crippen LogP contribution < -0.4 is 11.1 Å². The Morgan fingerprint density at radius 3 is 2.42 bits per heavy atom. The Hall–Kier alpha value is -4.45. The van der Waals surface area contributed by atoms with Crippen molar-refractivity contribution in [1.82, 2.24) is 29.8 Å². The Labute approximate surface area is 206 Å². The van der Waals surface area contributed by atoms with Gasteiger partial charge in [0.15, 0.2) is 5.69 Å². The fourth-order valence-electron chi connectivity index (χ4n) is 3.82. The molecule has 0 aliphatic rings. The number of nitrogens with one attached hydrogen (secondary N) is 1. The van der Waals surface area contributed by atoms with E-state index < -0.39 is 23.3 Å². The molecule has 0 fully saturated rings. The first-order valence-corrected chi connectivity index (χ1v) is 10.8. The lowest BCUT2D eigenvalue weighted by molar-refractivity contribution is -0.143. The van der Waals surface area contributed by atoms with Crippen LogP contribution in [0.1, 0.15) is 21.6 Å². The lowest BCUT2D eigenvalue weighted by Crippen LogP contribution is -2.21. The minimum atomic E-state index is -4.91. The molecule has 3 heterocycles. The molecule has 0 saturated heterocycles. The molecule has 182 valence electrons. The molecule has 36 heavy (non-hydrogen) atoms. The maximum atomic E-state index is 14.2. The fraction of sp³-hybridized carbons (Fsp3) is 0.0870. The van der Waals surface area contributed by atoms with Gasteiger partial charge in [-0.05, 0) is 24.6 Å². The number of anilines is 2. The summed E-state index contributed by atoms with van der Waals surface area (Å²) in [6, 6.07) is 9.62. The van der Waals surface area contributed by atoms with E-state index >= 15 is 0 Å². The highest BCUT2D eigenvalue weighted by Crippen LogP contribution is 2.36. The van der Waals surface area contributed by atoms with Crippen molar-refractivity contribution in [2.24, 2.45) is 0 Å². The van der Waals surface area contributed by atoms with Gasteiger partial charge < -0.3 is 11.1 Å². The second kappa shape index (κ2) is 8.64. The van der Waals surface area contributed by atoms with Gasteiger partial charge in [0.25, 0.3) is 5.91 Å². The number of halogens is 4. The van der Waals surface area contributed by atoms with Crippen LogP contribution in [0.3, 0.4) is 0 Å². The summed E-state index contributed by atoms with van der Waals surface area (Å²) in [6.07, 6.45) is 0.0821. The second-order valence-corrected chi connectivity index (χ2v) is 8.19. The molecule has 0 unspecified atom stereocenters. The Bertz CT molecular complexity index is 1610. The van der Waals surface area contributed by atoms with Crippen LogP contribution in [0.25, 0.3) is 22.1 Å². The van der Waals surface area contributed by atoms with Crippen molar-refractivity contribution in [1.29, 1.82) is 0 Å². The molecule has 0 spiro atoms. The Kier molecular flexibility index (Phi) is 5.59. The summed E-state index contributed by atoms with van der Waals surface area (Å²) in [5.74, 6) is -0.848. The van der Waals surface area contributed by atoms with Crippen molar-refractivity contribution in [2.45, 2.75) is 13.1 Å². The summed E-state index contributed by atoms with van der Waals surface area (Å²) in [4.78, 5) is 18.3. The highest BCUT2D eigenvalue weighted by molar-refractivity contribution is 6.32. The number of carbonyl (C=O) groups excluding carboxylic acids is 1. The van der Waals surface area contributed by atoms with Gasteiger partial charge in [0.05, 0.1) is 41.1 Å². The molecule has 0 atom stereocenters. The molecule has 0 aliphatic carbocycles. The number of nitrogens with zero attached hydrogens (tertiary/aromatic N) is 6. The molecular formula is C23H16ClF3N8O. The van der Waals surface area contributed by atoms with E-state index in [-0.39, 0.29) is 22.2 Å². The summed E-state index contributed by atoms with van der Waals surface area (Å²) < 4.78 is 43.4. The van der Waals surface area contributed by atoms with Gasteiger partial charge in [-0.1, -0.05) is 35.9 Å². The smallest absolute Gasteiger partial charge is 0.383 e. The van der Waals surface area contributed by atoms with E-state index in [1.807, 2.05) is 0 Å². The first-order chi connectivity index (χ1) is 17.1. The van der Waals surface area contributed by atoms with Gasteiger partial charge in [-0.2, -0.15) is 33.3 Å². The van der Waals surface area contributed by atoms with Crippen molar-refractivity contribution >= 4 is 39.8 Å². The molecule has 3 N–H and O–H groups in total. The lowest BCUT2D eigenvalue weighted by Gasteiger charge is -2.15. The highest BCUT2D eigenvalue weighted by atomic mass is 35.5. The Morgan fingerprint density at radius 2 is 1.72 bits per heavy atom. The monoisotopic (exact) mass is 512 g/mol. The number of hydrogen-bond acceptors (Lipinski definition) is 6. The average Bonchev–Trinajstić information content (AvgIpc) is 3.52. The standard InChI is InChI=1S/C23H16ClF3N8O/c1-12-8-18(35-30-6-7-31-35)16(24)9-17(12)33-22(36)15-10-32-34(20(15)23(25,26)27)19-11-29-21(28)14-5-3-2-4-13(14)19/h2-11H,1H3,(H2,28,29)(H,33,36). The normalized spacial score (nSPS) is 11.7. The van der Waals surface area contributed by atoms with Gasteiger partial charge in [-0.15, -0.1) is 0 Å². The van der Waals surface area contributed by atoms with Gasteiger partial charge in [-0.25, -0.2) is 9.67 Å². The molecule has 0 aliphatic heterocycles. The number of amides is 1. The van der Waals surface area contributed by atoms with Crippen molar-refractivity contribution in [2.75, 3.05) is 11.1 Å². The molecule has 13 heteroatoms. The van der Waals surface area contributed by atoms with E-state index in [4.69, 9.17) is 17.3 Å². The van der Waals surface area contributed by atoms with E-state index in [0.29, 0.717) is 26.7 Å². The van der Waals surface area contributed by atoms with Crippen LogP contribution in [0.5, 0.6) is 0 Å². The van der Waals surface area contributed by atoms with Gasteiger partial charge in [0.2, 0.25) is 0 Å². The number of pyridine rings is 1. The molecular weight excluding hydrogens is 497 g/mol.